The lowest BCUT2D eigenvalue weighted by atomic mass is 10.2. The molecule has 0 amide bonds. The number of nitrogens with two attached hydrogens (primary N) is 1. The minimum absolute atomic E-state index is 0.168. The lowest BCUT2D eigenvalue weighted by Gasteiger charge is -2.11. The van der Waals surface area contributed by atoms with Gasteiger partial charge in [0.1, 0.15) is 6.54 Å². The molecule has 80 valence electrons. The van der Waals surface area contributed by atoms with Gasteiger partial charge in [-0.15, -0.1) is 0 Å². The molecule has 0 saturated carbocycles. The molecule has 0 aliphatic carbocycles. The summed E-state index contributed by atoms with van der Waals surface area (Å²) in [5, 5.41) is 0. The van der Waals surface area contributed by atoms with Crippen molar-refractivity contribution in [3.63, 3.8) is 0 Å². The van der Waals surface area contributed by atoms with E-state index in [1.165, 1.54) is 12.5 Å². The highest BCUT2D eigenvalue weighted by Crippen LogP contribution is 2.18. The second-order valence-corrected chi connectivity index (χ2v) is 3.31. The van der Waals surface area contributed by atoms with Gasteiger partial charge < -0.3 is 10.3 Å². The summed E-state index contributed by atoms with van der Waals surface area (Å²) in [6, 6.07) is -0.168. The van der Waals surface area contributed by atoms with E-state index in [4.69, 9.17) is 5.73 Å². The highest BCUT2D eigenvalue weighted by molar-refractivity contribution is 5.00. The van der Waals surface area contributed by atoms with Gasteiger partial charge in [0.25, 0.3) is 0 Å². The van der Waals surface area contributed by atoms with E-state index in [1.807, 2.05) is 0 Å². The van der Waals surface area contributed by atoms with Crippen LogP contribution in [0, 0.1) is 0 Å². The number of rotatable bonds is 3. The number of nitrogens with zero attached hydrogens (tertiary/aromatic N) is 2. The third kappa shape index (κ3) is 3.37. The Labute approximate surface area is 79.7 Å². The quantitative estimate of drug-likeness (QED) is 0.812. The normalized spacial score (nSPS) is 14.4. The van der Waals surface area contributed by atoms with E-state index in [2.05, 4.69) is 4.98 Å². The van der Waals surface area contributed by atoms with Gasteiger partial charge in [0, 0.05) is 24.4 Å². The van der Waals surface area contributed by atoms with E-state index in [0.29, 0.717) is 12.1 Å². The standard InChI is InChI=1S/C8H12F3N3/c1-6(12)2-7-3-13-5-14(7)4-8(9,10)11/h3,5-6H,2,4,12H2,1H3/t6-/m1/s1. The number of halogens is 3. The number of aromatic nitrogens is 2. The van der Waals surface area contributed by atoms with Crippen molar-refractivity contribution in [1.82, 2.24) is 9.55 Å². The van der Waals surface area contributed by atoms with Crippen LogP contribution in [0.3, 0.4) is 0 Å². The molecule has 0 fully saturated rings. The van der Waals surface area contributed by atoms with Crippen LogP contribution in [0.4, 0.5) is 13.2 Å². The number of hydrogen-bond donors (Lipinski definition) is 1. The summed E-state index contributed by atoms with van der Waals surface area (Å²) >= 11 is 0. The van der Waals surface area contributed by atoms with E-state index >= 15 is 0 Å². The molecule has 3 nitrogen and oxygen atoms in total. The van der Waals surface area contributed by atoms with Crippen LogP contribution in [0.25, 0.3) is 0 Å². The van der Waals surface area contributed by atoms with Gasteiger partial charge in [-0.05, 0) is 6.92 Å². The van der Waals surface area contributed by atoms with E-state index in [-0.39, 0.29) is 6.04 Å². The molecule has 1 atom stereocenters. The van der Waals surface area contributed by atoms with Gasteiger partial charge in [-0.1, -0.05) is 0 Å². The van der Waals surface area contributed by atoms with Crippen LogP contribution in [0.15, 0.2) is 12.5 Å². The van der Waals surface area contributed by atoms with Gasteiger partial charge >= 0.3 is 6.18 Å². The summed E-state index contributed by atoms with van der Waals surface area (Å²) < 4.78 is 37.2. The van der Waals surface area contributed by atoms with Crippen LogP contribution in [0.5, 0.6) is 0 Å². The fourth-order valence-corrected chi connectivity index (χ4v) is 1.18. The first-order chi connectivity index (χ1) is 6.38. The Morgan fingerprint density at radius 2 is 2.21 bits per heavy atom. The third-order valence-corrected chi connectivity index (χ3v) is 1.68. The molecule has 1 rings (SSSR count). The van der Waals surface area contributed by atoms with Crippen LogP contribution >= 0.6 is 0 Å². The molecule has 1 heterocycles. The summed E-state index contributed by atoms with van der Waals surface area (Å²) in [7, 11) is 0. The molecule has 0 spiro atoms. The van der Waals surface area contributed by atoms with Crippen LogP contribution in [0.1, 0.15) is 12.6 Å². The van der Waals surface area contributed by atoms with Crippen molar-refractivity contribution in [3.05, 3.63) is 18.2 Å². The first kappa shape index (κ1) is 11.0. The maximum atomic E-state index is 12.1. The molecule has 0 unspecified atom stereocenters. The van der Waals surface area contributed by atoms with Crippen molar-refractivity contribution in [2.75, 3.05) is 0 Å². The Balaban J connectivity index is 2.72. The van der Waals surface area contributed by atoms with Crippen LogP contribution in [-0.2, 0) is 13.0 Å². The topological polar surface area (TPSA) is 43.8 Å². The summed E-state index contributed by atoms with van der Waals surface area (Å²) in [6.45, 7) is 0.736. The van der Waals surface area contributed by atoms with E-state index < -0.39 is 12.7 Å². The lowest BCUT2D eigenvalue weighted by Crippen LogP contribution is -2.23. The van der Waals surface area contributed by atoms with Gasteiger partial charge in [0.05, 0.1) is 6.33 Å². The van der Waals surface area contributed by atoms with Gasteiger partial charge in [0.15, 0.2) is 0 Å². The molecule has 0 aliphatic heterocycles. The van der Waals surface area contributed by atoms with E-state index in [1.54, 1.807) is 6.92 Å². The number of hydrogen-bond acceptors (Lipinski definition) is 2. The van der Waals surface area contributed by atoms with Crippen molar-refractivity contribution in [2.45, 2.75) is 32.1 Å². The van der Waals surface area contributed by atoms with Gasteiger partial charge in [-0.2, -0.15) is 13.2 Å². The molecule has 0 bridgehead atoms. The average Bonchev–Trinajstić information content (AvgIpc) is 2.32. The Kier molecular flexibility index (Phi) is 3.15. The van der Waals surface area contributed by atoms with Gasteiger partial charge in [-0.3, -0.25) is 0 Å². The molecule has 0 saturated heterocycles. The first-order valence-electron chi connectivity index (χ1n) is 4.20. The van der Waals surface area contributed by atoms with Crippen molar-refractivity contribution >= 4 is 0 Å². The maximum Gasteiger partial charge on any atom is 0.406 e. The fraction of sp³-hybridized carbons (Fsp3) is 0.625. The zero-order valence-corrected chi connectivity index (χ0v) is 7.75. The molecule has 0 aliphatic rings. The second kappa shape index (κ2) is 4.00. The largest absolute Gasteiger partial charge is 0.406 e. The molecule has 0 aromatic carbocycles. The minimum atomic E-state index is -4.21. The summed E-state index contributed by atoms with van der Waals surface area (Å²) in [4.78, 5) is 3.67. The predicted molar refractivity (Wildman–Crippen MR) is 45.6 cm³/mol. The average molecular weight is 207 g/mol. The molecular formula is C8H12F3N3. The van der Waals surface area contributed by atoms with Crippen LogP contribution in [0.2, 0.25) is 0 Å². The Morgan fingerprint density at radius 1 is 1.57 bits per heavy atom. The summed E-state index contributed by atoms with van der Waals surface area (Å²) in [5.41, 5.74) is 6.01. The summed E-state index contributed by atoms with van der Waals surface area (Å²) in [5.74, 6) is 0. The second-order valence-electron chi connectivity index (χ2n) is 3.31. The molecule has 0 radical (unpaired) electrons. The molecular weight excluding hydrogens is 195 g/mol. The predicted octanol–water partition coefficient (Wildman–Crippen LogP) is 1.34. The third-order valence-electron chi connectivity index (χ3n) is 1.68. The van der Waals surface area contributed by atoms with E-state index in [9.17, 15) is 13.2 Å². The highest BCUT2D eigenvalue weighted by Gasteiger charge is 2.28. The molecule has 2 N–H and O–H groups in total. The van der Waals surface area contributed by atoms with Gasteiger partial charge in [0.2, 0.25) is 0 Å². The number of imidazole rings is 1. The maximum absolute atomic E-state index is 12.1. The minimum Gasteiger partial charge on any atom is -0.328 e. The Bertz CT molecular complexity index is 290. The molecule has 1 aromatic rings. The van der Waals surface area contributed by atoms with E-state index in [0.717, 1.165) is 4.57 Å². The molecule has 6 heteroatoms. The Hall–Kier alpha value is -1.04. The Morgan fingerprint density at radius 3 is 2.71 bits per heavy atom. The highest BCUT2D eigenvalue weighted by atomic mass is 19.4. The van der Waals surface area contributed by atoms with Gasteiger partial charge in [-0.25, -0.2) is 4.98 Å². The monoisotopic (exact) mass is 207 g/mol. The number of alkyl halides is 3. The van der Waals surface area contributed by atoms with Crippen LogP contribution in [-0.4, -0.2) is 21.8 Å². The zero-order chi connectivity index (χ0) is 10.8. The van der Waals surface area contributed by atoms with Crippen molar-refractivity contribution in [2.24, 2.45) is 5.73 Å². The smallest absolute Gasteiger partial charge is 0.328 e. The van der Waals surface area contributed by atoms with Crippen molar-refractivity contribution < 1.29 is 13.2 Å². The van der Waals surface area contributed by atoms with Crippen molar-refractivity contribution in [1.29, 1.82) is 0 Å². The molecule has 1 aromatic heterocycles. The molecule has 14 heavy (non-hydrogen) atoms. The first-order valence-corrected chi connectivity index (χ1v) is 4.20. The zero-order valence-electron chi connectivity index (χ0n) is 7.75. The fourth-order valence-electron chi connectivity index (χ4n) is 1.18. The lowest BCUT2D eigenvalue weighted by molar-refractivity contribution is -0.141. The SMILES string of the molecule is C[C@@H](N)Cc1cncn1CC(F)(F)F. The summed E-state index contributed by atoms with van der Waals surface area (Å²) in [6.07, 6.45) is -1.23. The van der Waals surface area contributed by atoms with Crippen molar-refractivity contribution in [3.8, 4) is 0 Å². The van der Waals surface area contributed by atoms with Crippen LogP contribution < -0.4 is 5.73 Å².